The summed E-state index contributed by atoms with van der Waals surface area (Å²) in [7, 11) is 1.69. The fourth-order valence-corrected chi connectivity index (χ4v) is 5.89. The summed E-state index contributed by atoms with van der Waals surface area (Å²) in [6.45, 7) is 5.62. The second-order valence-electron chi connectivity index (χ2n) is 9.75. The number of ether oxygens (including phenoxy) is 1. The third-order valence-electron chi connectivity index (χ3n) is 7.64. The van der Waals surface area contributed by atoms with Crippen LogP contribution >= 0.6 is 0 Å². The molecule has 2 amide bonds. The number of carbonyl (C=O) groups excluding carboxylic acids is 2. The van der Waals surface area contributed by atoms with Crippen molar-refractivity contribution in [2.45, 2.75) is 51.0 Å². The van der Waals surface area contributed by atoms with Crippen molar-refractivity contribution in [3.63, 3.8) is 0 Å². The van der Waals surface area contributed by atoms with Crippen molar-refractivity contribution in [2.75, 3.05) is 53.0 Å². The first-order valence-electron chi connectivity index (χ1n) is 12.5. The summed E-state index contributed by atoms with van der Waals surface area (Å²) < 4.78 is 5.33. The van der Waals surface area contributed by atoms with E-state index in [-0.39, 0.29) is 17.7 Å². The second-order valence-corrected chi connectivity index (χ2v) is 9.75. The first kappa shape index (κ1) is 23.2. The smallest absolute Gasteiger partial charge is 0.228 e. The SMILES string of the molecule is COCCN(CC1CCCN2CCCCC12)C(=O)C1CC(=O)N(CCc2ccccc2)C1. The Bertz CT molecular complexity index is 754. The van der Waals surface area contributed by atoms with E-state index >= 15 is 0 Å². The average Bonchev–Trinajstić information content (AvgIpc) is 3.21. The van der Waals surface area contributed by atoms with Gasteiger partial charge in [0.05, 0.1) is 12.5 Å². The maximum absolute atomic E-state index is 13.5. The van der Waals surface area contributed by atoms with Crippen molar-refractivity contribution in [3.05, 3.63) is 35.9 Å². The highest BCUT2D eigenvalue weighted by Gasteiger charge is 2.39. The maximum Gasteiger partial charge on any atom is 0.228 e. The van der Waals surface area contributed by atoms with Gasteiger partial charge in [0.15, 0.2) is 0 Å². The summed E-state index contributed by atoms with van der Waals surface area (Å²) in [4.78, 5) is 32.7. The number of amides is 2. The molecular formula is C26H39N3O3. The second kappa shape index (κ2) is 11.3. The topological polar surface area (TPSA) is 53.1 Å². The number of nitrogens with zero attached hydrogens (tertiary/aromatic N) is 3. The molecule has 3 aliphatic heterocycles. The minimum absolute atomic E-state index is 0.113. The molecule has 0 saturated carbocycles. The Labute approximate surface area is 192 Å². The number of benzene rings is 1. The van der Waals surface area contributed by atoms with Gasteiger partial charge >= 0.3 is 0 Å². The van der Waals surface area contributed by atoms with E-state index in [0.717, 1.165) is 13.0 Å². The molecule has 32 heavy (non-hydrogen) atoms. The van der Waals surface area contributed by atoms with Gasteiger partial charge in [0.1, 0.15) is 0 Å². The third kappa shape index (κ3) is 5.70. The number of fused-ring (bicyclic) bond motifs is 1. The van der Waals surface area contributed by atoms with Crippen LogP contribution in [0.25, 0.3) is 0 Å². The molecule has 0 radical (unpaired) electrons. The van der Waals surface area contributed by atoms with Crippen LogP contribution in [-0.2, 0) is 20.7 Å². The predicted molar refractivity (Wildman–Crippen MR) is 125 cm³/mol. The van der Waals surface area contributed by atoms with E-state index in [2.05, 4.69) is 17.0 Å². The minimum atomic E-state index is -0.221. The summed E-state index contributed by atoms with van der Waals surface area (Å²) >= 11 is 0. The van der Waals surface area contributed by atoms with Gasteiger partial charge in [-0.2, -0.15) is 0 Å². The lowest BCUT2D eigenvalue weighted by Gasteiger charge is -2.46. The van der Waals surface area contributed by atoms with Crippen LogP contribution in [0.5, 0.6) is 0 Å². The normalized spacial score (nSPS) is 26.2. The van der Waals surface area contributed by atoms with E-state index in [1.54, 1.807) is 7.11 Å². The van der Waals surface area contributed by atoms with Crippen LogP contribution in [0, 0.1) is 11.8 Å². The number of likely N-dealkylation sites (tertiary alicyclic amines) is 1. The van der Waals surface area contributed by atoms with Crippen LogP contribution in [0.1, 0.15) is 44.1 Å². The lowest BCUT2D eigenvalue weighted by molar-refractivity contribution is -0.137. The number of piperidine rings is 2. The molecule has 6 heteroatoms. The highest BCUT2D eigenvalue weighted by Crippen LogP contribution is 2.32. The molecule has 176 valence electrons. The molecule has 0 aromatic heterocycles. The van der Waals surface area contributed by atoms with Gasteiger partial charge in [-0.1, -0.05) is 36.8 Å². The van der Waals surface area contributed by atoms with Gasteiger partial charge < -0.3 is 19.4 Å². The Hall–Kier alpha value is -1.92. The lowest BCUT2D eigenvalue weighted by Crippen LogP contribution is -2.52. The summed E-state index contributed by atoms with van der Waals surface area (Å²) in [6, 6.07) is 10.9. The maximum atomic E-state index is 13.5. The van der Waals surface area contributed by atoms with Gasteiger partial charge in [-0.25, -0.2) is 0 Å². The Morgan fingerprint density at radius 1 is 1.12 bits per heavy atom. The van der Waals surface area contributed by atoms with Crippen LogP contribution < -0.4 is 0 Å². The van der Waals surface area contributed by atoms with E-state index < -0.39 is 0 Å². The monoisotopic (exact) mass is 441 g/mol. The molecule has 4 rings (SSSR count). The van der Waals surface area contributed by atoms with Gasteiger partial charge in [-0.15, -0.1) is 0 Å². The largest absolute Gasteiger partial charge is 0.383 e. The van der Waals surface area contributed by atoms with Crippen LogP contribution in [0.15, 0.2) is 30.3 Å². The fourth-order valence-electron chi connectivity index (χ4n) is 5.89. The molecule has 3 saturated heterocycles. The van der Waals surface area contributed by atoms with Crippen LogP contribution in [0.2, 0.25) is 0 Å². The Kier molecular flexibility index (Phi) is 8.20. The zero-order valence-electron chi connectivity index (χ0n) is 19.6. The van der Waals surface area contributed by atoms with Crippen LogP contribution in [-0.4, -0.2) is 85.5 Å². The average molecular weight is 442 g/mol. The molecule has 3 fully saturated rings. The Morgan fingerprint density at radius 2 is 1.94 bits per heavy atom. The molecule has 0 N–H and O–H groups in total. The summed E-state index contributed by atoms with van der Waals surface area (Å²) in [6.07, 6.45) is 7.47. The number of rotatable bonds is 9. The van der Waals surface area contributed by atoms with Crippen molar-refractivity contribution in [1.29, 1.82) is 0 Å². The number of hydrogen-bond acceptors (Lipinski definition) is 4. The number of carbonyl (C=O) groups is 2. The van der Waals surface area contributed by atoms with E-state index in [1.165, 1.54) is 50.8 Å². The third-order valence-corrected chi connectivity index (χ3v) is 7.64. The quantitative estimate of drug-likeness (QED) is 0.591. The predicted octanol–water partition coefficient (Wildman–Crippen LogP) is 2.82. The van der Waals surface area contributed by atoms with Crippen LogP contribution in [0.4, 0.5) is 0 Å². The summed E-state index contributed by atoms with van der Waals surface area (Å²) in [5.41, 5.74) is 1.23. The van der Waals surface area contributed by atoms with E-state index in [1.807, 2.05) is 28.0 Å². The molecule has 0 aliphatic carbocycles. The van der Waals surface area contributed by atoms with Gasteiger partial charge in [0.25, 0.3) is 0 Å². The molecule has 3 heterocycles. The van der Waals surface area contributed by atoms with Crippen molar-refractivity contribution >= 4 is 11.8 Å². The number of hydrogen-bond donors (Lipinski definition) is 0. The highest BCUT2D eigenvalue weighted by atomic mass is 16.5. The van der Waals surface area contributed by atoms with Gasteiger partial charge in [0.2, 0.25) is 11.8 Å². The summed E-state index contributed by atoms with van der Waals surface area (Å²) in [5.74, 6) is 0.574. The van der Waals surface area contributed by atoms with Gasteiger partial charge in [-0.3, -0.25) is 9.59 Å². The molecule has 1 aromatic carbocycles. The molecule has 3 aliphatic rings. The number of methoxy groups -OCH3 is 1. The van der Waals surface area contributed by atoms with Crippen molar-refractivity contribution in [2.24, 2.45) is 11.8 Å². The molecule has 6 nitrogen and oxygen atoms in total. The Balaban J connectivity index is 1.36. The standard InChI is InChI=1S/C26H39N3O3/c1-32-17-16-29(19-22-10-7-14-27-13-6-5-11-24(22)27)26(31)23-18-25(30)28(20-23)15-12-21-8-3-2-4-9-21/h2-4,8-9,22-24H,5-7,10-20H2,1H3. The van der Waals surface area contributed by atoms with Crippen molar-refractivity contribution in [1.82, 2.24) is 14.7 Å². The van der Waals surface area contributed by atoms with Gasteiger partial charge in [-0.05, 0) is 56.7 Å². The van der Waals surface area contributed by atoms with E-state index in [9.17, 15) is 9.59 Å². The molecule has 1 aromatic rings. The molecular weight excluding hydrogens is 402 g/mol. The highest BCUT2D eigenvalue weighted by molar-refractivity contribution is 5.89. The first-order valence-corrected chi connectivity index (χ1v) is 12.5. The van der Waals surface area contributed by atoms with Crippen LogP contribution in [0.3, 0.4) is 0 Å². The van der Waals surface area contributed by atoms with E-state index in [0.29, 0.717) is 44.6 Å². The minimum Gasteiger partial charge on any atom is -0.383 e. The lowest BCUT2D eigenvalue weighted by atomic mass is 9.83. The van der Waals surface area contributed by atoms with Crippen molar-refractivity contribution in [3.8, 4) is 0 Å². The molecule has 0 bridgehead atoms. The zero-order chi connectivity index (χ0) is 22.3. The summed E-state index contributed by atoms with van der Waals surface area (Å²) in [5, 5.41) is 0. The Morgan fingerprint density at radius 3 is 2.75 bits per heavy atom. The zero-order valence-corrected chi connectivity index (χ0v) is 19.6. The first-order chi connectivity index (χ1) is 15.7. The molecule has 3 unspecified atom stereocenters. The van der Waals surface area contributed by atoms with Gasteiger partial charge in [0, 0.05) is 45.8 Å². The van der Waals surface area contributed by atoms with E-state index in [4.69, 9.17) is 4.74 Å². The van der Waals surface area contributed by atoms with Crippen molar-refractivity contribution < 1.29 is 14.3 Å². The molecule has 0 spiro atoms. The molecule has 3 atom stereocenters. The fraction of sp³-hybridized carbons (Fsp3) is 0.692.